The van der Waals surface area contributed by atoms with Gasteiger partial charge in [-0.25, -0.2) is 4.39 Å². The number of carbonyl (C=O) groups excluding carboxylic acids is 1. The summed E-state index contributed by atoms with van der Waals surface area (Å²) in [5.74, 6) is -0.689. The summed E-state index contributed by atoms with van der Waals surface area (Å²) < 4.78 is 13.6. The molecule has 1 aromatic carbocycles. The molecule has 6 heteroatoms. The van der Waals surface area contributed by atoms with Crippen LogP contribution in [0.1, 0.15) is 6.42 Å². The van der Waals surface area contributed by atoms with E-state index in [1.54, 1.807) is 6.07 Å². The van der Waals surface area contributed by atoms with Crippen molar-refractivity contribution in [2.75, 3.05) is 11.9 Å². The normalized spacial score (nSPS) is 23.7. The zero-order valence-corrected chi connectivity index (χ0v) is 10.5. The van der Waals surface area contributed by atoms with Crippen LogP contribution in [0.5, 0.6) is 0 Å². The van der Waals surface area contributed by atoms with Gasteiger partial charge in [0, 0.05) is 12.2 Å². The molecule has 1 fully saturated rings. The number of carbonyl (C=O) groups is 1. The maximum absolute atomic E-state index is 13.2. The van der Waals surface area contributed by atoms with E-state index in [1.165, 1.54) is 12.1 Å². The second kappa shape index (κ2) is 5.12. The molecule has 2 unspecified atom stereocenters. The van der Waals surface area contributed by atoms with Gasteiger partial charge < -0.3 is 15.7 Å². The molecule has 92 valence electrons. The number of anilines is 1. The number of hydrogen-bond acceptors (Lipinski definition) is 3. The van der Waals surface area contributed by atoms with Crippen LogP contribution >= 0.6 is 15.9 Å². The fourth-order valence-electron chi connectivity index (χ4n) is 1.72. The van der Waals surface area contributed by atoms with Crippen molar-refractivity contribution < 1.29 is 14.3 Å². The Bertz CT molecular complexity index is 441. The van der Waals surface area contributed by atoms with E-state index in [2.05, 4.69) is 26.6 Å². The van der Waals surface area contributed by atoms with Crippen LogP contribution in [-0.4, -0.2) is 29.7 Å². The Kier molecular flexibility index (Phi) is 3.76. The summed E-state index contributed by atoms with van der Waals surface area (Å²) >= 11 is 3.04. The fraction of sp³-hybridized carbons (Fsp3) is 0.364. The van der Waals surface area contributed by atoms with Crippen molar-refractivity contribution in [2.45, 2.75) is 18.6 Å². The highest BCUT2D eigenvalue weighted by molar-refractivity contribution is 9.10. The number of amides is 1. The van der Waals surface area contributed by atoms with Crippen LogP contribution in [0.15, 0.2) is 22.7 Å². The Hall–Kier alpha value is -0.980. The predicted molar refractivity (Wildman–Crippen MR) is 65.1 cm³/mol. The van der Waals surface area contributed by atoms with Crippen molar-refractivity contribution >= 4 is 27.5 Å². The molecule has 0 radical (unpaired) electrons. The molecule has 1 aliphatic heterocycles. The molecule has 2 rings (SSSR count). The molecule has 0 aromatic heterocycles. The van der Waals surface area contributed by atoms with Gasteiger partial charge in [-0.05, 0) is 40.5 Å². The topological polar surface area (TPSA) is 61.4 Å². The number of benzene rings is 1. The molecule has 1 saturated heterocycles. The standard InChI is InChI=1S/C11H12BrFN2O2/c12-8-2-1-6(3-9(8)13)15-11(17)10-4-7(16)5-14-10/h1-3,7,10,14,16H,4-5H2,(H,15,17). The predicted octanol–water partition coefficient (Wildman–Crippen LogP) is 1.25. The minimum absolute atomic E-state index is 0.261. The SMILES string of the molecule is O=C(Nc1ccc(Br)c(F)c1)C1CC(O)CN1. The number of nitrogens with one attached hydrogen (secondary N) is 2. The highest BCUT2D eigenvalue weighted by Gasteiger charge is 2.27. The quantitative estimate of drug-likeness (QED) is 0.770. The molecule has 1 aliphatic rings. The summed E-state index contributed by atoms with van der Waals surface area (Å²) in [7, 11) is 0. The zero-order chi connectivity index (χ0) is 12.4. The van der Waals surface area contributed by atoms with Crippen molar-refractivity contribution in [1.29, 1.82) is 0 Å². The summed E-state index contributed by atoms with van der Waals surface area (Å²) in [6.45, 7) is 0.410. The summed E-state index contributed by atoms with van der Waals surface area (Å²) in [6, 6.07) is 3.96. The summed E-state index contributed by atoms with van der Waals surface area (Å²) in [5, 5.41) is 14.8. The Balaban J connectivity index is 2.00. The molecular weight excluding hydrogens is 291 g/mol. The third kappa shape index (κ3) is 3.02. The third-order valence-corrected chi connectivity index (χ3v) is 3.25. The van der Waals surface area contributed by atoms with Gasteiger partial charge in [-0.2, -0.15) is 0 Å². The number of hydrogen-bond donors (Lipinski definition) is 3. The van der Waals surface area contributed by atoms with E-state index in [0.29, 0.717) is 23.1 Å². The Labute approximate surface area is 106 Å². The average Bonchev–Trinajstić information content (AvgIpc) is 2.70. The lowest BCUT2D eigenvalue weighted by atomic mass is 10.2. The van der Waals surface area contributed by atoms with Crippen LogP contribution in [0.3, 0.4) is 0 Å². The first-order valence-electron chi connectivity index (χ1n) is 5.23. The van der Waals surface area contributed by atoms with Crippen molar-refractivity contribution in [1.82, 2.24) is 5.32 Å². The van der Waals surface area contributed by atoms with E-state index in [1.807, 2.05) is 0 Å². The maximum Gasteiger partial charge on any atom is 0.241 e. The van der Waals surface area contributed by atoms with Crippen LogP contribution < -0.4 is 10.6 Å². The molecule has 2 atom stereocenters. The Morgan fingerprint density at radius 2 is 2.35 bits per heavy atom. The molecule has 17 heavy (non-hydrogen) atoms. The van der Waals surface area contributed by atoms with Gasteiger partial charge >= 0.3 is 0 Å². The molecule has 1 amide bonds. The van der Waals surface area contributed by atoms with Gasteiger partial charge in [0.15, 0.2) is 0 Å². The summed E-state index contributed by atoms with van der Waals surface area (Å²) in [4.78, 5) is 11.7. The van der Waals surface area contributed by atoms with E-state index in [0.717, 1.165) is 0 Å². The van der Waals surface area contributed by atoms with Crippen molar-refractivity contribution in [2.24, 2.45) is 0 Å². The summed E-state index contributed by atoms with van der Waals surface area (Å²) in [5.41, 5.74) is 0.402. The third-order valence-electron chi connectivity index (χ3n) is 2.61. The van der Waals surface area contributed by atoms with Crippen LogP contribution in [0.4, 0.5) is 10.1 Å². The van der Waals surface area contributed by atoms with Gasteiger partial charge in [-0.3, -0.25) is 4.79 Å². The molecule has 1 heterocycles. The molecule has 0 spiro atoms. The molecule has 3 N–H and O–H groups in total. The van der Waals surface area contributed by atoms with E-state index >= 15 is 0 Å². The molecule has 1 aromatic rings. The van der Waals surface area contributed by atoms with E-state index in [-0.39, 0.29) is 5.91 Å². The Morgan fingerprint density at radius 3 is 2.94 bits per heavy atom. The van der Waals surface area contributed by atoms with E-state index < -0.39 is 18.0 Å². The van der Waals surface area contributed by atoms with Crippen LogP contribution in [-0.2, 0) is 4.79 Å². The van der Waals surface area contributed by atoms with Gasteiger partial charge in [-0.1, -0.05) is 0 Å². The Morgan fingerprint density at radius 1 is 1.59 bits per heavy atom. The molecular formula is C11H12BrFN2O2. The molecule has 0 saturated carbocycles. The first-order valence-corrected chi connectivity index (χ1v) is 6.03. The van der Waals surface area contributed by atoms with Gasteiger partial charge in [-0.15, -0.1) is 0 Å². The first kappa shape index (κ1) is 12.5. The smallest absolute Gasteiger partial charge is 0.241 e. The van der Waals surface area contributed by atoms with E-state index in [4.69, 9.17) is 0 Å². The van der Waals surface area contributed by atoms with Crippen molar-refractivity contribution in [3.63, 3.8) is 0 Å². The van der Waals surface area contributed by atoms with Crippen LogP contribution in [0, 0.1) is 5.82 Å². The lowest BCUT2D eigenvalue weighted by Gasteiger charge is -2.11. The minimum Gasteiger partial charge on any atom is -0.392 e. The monoisotopic (exact) mass is 302 g/mol. The number of aliphatic hydroxyl groups is 1. The second-order valence-electron chi connectivity index (χ2n) is 3.97. The molecule has 0 aliphatic carbocycles. The van der Waals surface area contributed by atoms with Crippen molar-refractivity contribution in [3.8, 4) is 0 Å². The largest absolute Gasteiger partial charge is 0.392 e. The lowest BCUT2D eigenvalue weighted by molar-refractivity contribution is -0.117. The van der Waals surface area contributed by atoms with Crippen molar-refractivity contribution in [3.05, 3.63) is 28.5 Å². The van der Waals surface area contributed by atoms with Gasteiger partial charge in [0.25, 0.3) is 0 Å². The molecule has 0 bridgehead atoms. The number of β-amino-alcohol motifs (C(OH)–C–C–N with tert-alkyl or cyclic N) is 1. The first-order chi connectivity index (χ1) is 8.06. The maximum atomic E-state index is 13.2. The zero-order valence-electron chi connectivity index (χ0n) is 8.91. The highest BCUT2D eigenvalue weighted by atomic mass is 79.9. The molecule has 4 nitrogen and oxygen atoms in total. The highest BCUT2D eigenvalue weighted by Crippen LogP contribution is 2.20. The number of rotatable bonds is 2. The van der Waals surface area contributed by atoms with Gasteiger partial charge in [0.1, 0.15) is 5.82 Å². The minimum atomic E-state index is -0.493. The van der Waals surface area contributed by atoms with Gasteiger partial charge in [0.05, 0.1) is 16.6 Å². The summed E-state index contributed by atoms with van der Waals surface area (Å²) in [6.07, 6.45) is -0.113. The van der Waals surface area contributed by atoms with E-state index in [9.17, 15) is 14.3 Å². The van der Waals surface area contributed by atoms with Crippen LogP contribution in [0.25, 0.3) is 0 Å². The van der Waals surface area contributed by atoms with Crippen LogP contribution in [0.2, 0.25) is 0 Å². The lowest BCUT2D eigenvalue weighted by Crippen LogP contribution is -2.35. The average molecular weight is 303 g/mol. The number of halogens is 2. The fourth-order valence-corrected chi connectivity index (χ4v) is 1.97. The number of aliphatic hydroxyl groups excluding tert-OH is 1. The second-order valence-corrected chi connectivity index (χ2v) is 4.82. The van der Waals surface area contributed by atoms with Gasteiger partial charge in [0.2, 0.25) is 5.91 Å².